The number of hydrogen-bond donors (Lipinski definition) is 0. The number of nitrogens with zero attached hydrogens (tertiary/aromatic N) is 3. The fourth-order valence-electron chi connectivity index (χ4n) is 3.26. The van der Waals surface area contributed by atoms with Gasteiger partial charge in [-0.1, -0.05) is 12.1 Å². The highest BCUT2D eigenvalue weighted by atomic mass is 19.1. The van der Waals surface area contributed by atoms with Crippen LogP contribution in [0.25, 0.3) is 0 Å². The molecule has 1 aliphatic heterocycles. The molecule has 2 aromatic carbocycles. The van der Waals surface area contributed by atoms with Gasteiger partial charge in [-0.2, -0.15) is 4.98 Å². The van der Waals surface area contributed by atoms with Gasteiger partial charge in [0.2, 0.25) is 11.8 Å². The van der Waals surface area contributed by atoms with Gasteiger partial charge in [0, 0.05) is 31.3 Å². The van der Waals surface area contributed by atoms with Gasteiger partial charge in [-0.15, -0.1) is 0 Å². The van der Waals surface area contributed by atoms with Gasteiger partial charge in [0.25, 0.3) is 0 Å². The van der Waals surface area contributed by atoms with Crippen LogP contribution in [0.3, 0.4) is 0 Å². The van der Waals surface area contributed by atoms with Crippen LogP contribution in [0.5, 0.6) is 17.4 Å². The van der Waals surface area contributed by atoms with Crippen molar-refractivity contribution >= 4 is 5.95 Å². The molecular weight excluding hydrogens is 345 g/mol. The Kier molecular flexibility index (Phi) is 4.87. The van der Waals surface area contributed by atoms with E-state index in [1.54, 1.807) is 31.5 Å². The van der Waals surface area contributed by atoms with Crippen molar-refractivity contribution < 1.29 is 13.9 Å². The smallest absolute Gasteiger partial charge is 0.228 e. The van der Waals surface area contributed by atoms with Gasteiger partial charge in [0.1, 0.15) is 17.3 Å². The summed E-state index contributed by atoms with van der Waals surface area (Å²) >= 11 is 0. The van der Waals surface area contributed by atoms with E-state index < -0.39 is 0 Å². The highest BCUT2D eigenvalue weighted by Gasteiger charge is 2.26. The molecule has 5 nitrogen and oxygen atoms in total. The molecule has 138 valence electrons. The number of ether oxygens (including phenoxy) is 2. The lowest BCUT2D eigenvalue weighted by atomic mass is 9.98. The molecule has 1 atom stereocenters. The Morgan fingerprint density at radius 2 is 1.74 bits per heavy atom. The summed E-state index contributed by atoms with van der Waals surface area (Å²) in [6.45, 7) is 1.74. The molecule has 0 aliphatic carbocycles. The molecule has 2 heterocycles. The van der Waals surface area contributed by atoms with Crippen LogP contribution in [-0.4, -0.2) is 30.2 Å². The van der Waals surface area contributed by atoms with E-state index in [1.807, 2.05) is 12.1 Å². The van der Waals surface area contributed by atoms with Gasteiger partial charge in [0.15, 0.2) is 0 Å². The Bertz CT molecular complexity index is 900. The Morgan fingerprint density at radius 1 is 1.00 bits per heavy atom. The molecular formula is C21H20FN3O2. The maximum atomic E-state index is 13.0. The average molecular weight is 365 g/mol. The second-order valence-corrected chi connectivity index (χ2v) is 6.46. The maximum Gasteiger partial charge on any atom is 0.228 e. The van der Waals surface area contributed by atoms with Crippen LogP contribution in [-0.2, 0) is 0 Å². The number of benzene rings is 2. The highest BCUT2D eigenvalue weighted by molar-refractivity contribution is 5.39. The molecule has 1 unspecified atom stereocenters. The molecule has 0 spiro atoms. The summed E-state index contributed by atoms with van der Waals surface area (Å²) in [5.41, 5.74) is 1.29. The number of hydrogen-bond acceptors (Lipinski definition) is 5. The SMILES string of the molecule is COc1ccc(C2CCN(c3nccc(Oc4ccc(F)cc4)n3)C2)cc1. The van der Waals surface area contributed by atoms with Crippen molar-refractivity contribution in [2.45, 2.75) is 12.3 Å². The molecule has 1 aromatic heterocycles. The number of halogens is 1. The second-order valence-electron chi connectivity index (χ2n) is 6.46. The minimum absolute atomic E-state index is 0.299. The van der Waals surface area contributed by atoms with E-state index in [-0.39, 0.29) is 5.82 Å². The molecule has 6 heteroatoms. The van der Waals surface area contributed by atoms with E-state index in [0.717, 1.165) is 25.3 Å². The van der Waals surface area contributed by atoms with E-state index in [2.05, 4.69) is 27.0 Å². The van der Waals surface area contributed by atoms with Crippen molar-refractivity contribution in [2.24, 2.45) is 0 Å². The van der Waals surface area contributed by atoms with Crippen LogP contribution in [0.1, 0.15) is 17.9 Å². The first-order valence-electron chi connectivity index (χ1n) is 8.86. The molecule has 0 amide bonds. The molecule has 0 radical (unpaired) electrons. The Balaban J connectivity index is 1.45. The van der Waals surface area contributed by atoms with Crippen molar-refractivity contribution in [1.82, 2.24) is 9.97 Å². The fourth-order valence-corrected chi connectivity index (χ4v) is 3.26. The zero-order chi connectivity index (χ0) is 18.6. The summed E-state index contributed by atoms with van der Waals surface area (Å²) < 4.78 is 24.0. The molecule has 0 bridgehead atoms. The molecule has 4 rings (SSSR count). The van der Waals surface area contributed by atoms with Crippen molar-refractivity contribution in [3.05, 3.63) is 72.2 Å². The molecule has 3 aromatic rings. The van der Waals surface area contributed by atoms with Gasteiger partial charge < -0.3 is 14.4 Å². The third kappa shape index (κ3) is 4.00. The summed E-state index contributed by atoms with van der Waals surface area (Å²) in [7, 11) is 1.67. The minimum Gasteiger partial charge on any atom is -0.497 e. The molecule has 0 N–H and O–H groups in total. The normalized spacial score (nSPS) is 16.4. The Labute approximate surface area is 157 Å². The van der Waals surface area contributed by atoms with Crippen molar-refractivity contribution in [3.8, 4) is 17.4 Å². The average Bonchev–Trinajstić information content (AvgIpc) is 3.20. The van der Waals surface area contributed by atoms with E-state index in [4.69, 9.17) is 9.47 Å². The van der Waals surface area contributed by atoms with E-state index in [9.17, 15) is 4.39 Å². The van der Waals surface area contributed by atoms with Crippen LogP contribution < -0.4 is 14.4 Å². The van der Waals surface area contributed by atoms with Crippen molar-refractivity contribution in [1.29, 1.82) is 0 Å². The molecule has 27 heavy (non-hydrogen) atoms. The topological polar surface area (TPSA) is 47.5 Å². The van der Waals surface area contributed by atoms with Gasteiger partial charge in [0.05, 0.1) is 7.11 Å². The quantitative estimate of drug-likeness (QED) is 0.670. The summed E-state index contributed by atoms with van der Waals surface area (Å²) in [5, 5.41) is 0. The summed E-state index contributed by atoms with van der Waals surface area (Å²) in [6.07, 6.45) is 2.72. The fraction of sp³-hybridized carbons (Fsp3) is 0.238. The lowest BCUT2D eigenvalue weighted by molar-refractivity contribution is 0.414. The van der Waals surface area contributed by atoms with Crippen molar-refractivity contribution in [2.75, 3.05) is 25.1 Å². The van der Waals surface area contributed by atoms with Gasteiger partial charge in [-0.3, -0.25) is 0 Å². The largest absolute Gasteiger partial charge is 0.497 e. The number of aromatic nitrogens is 2. The summed E-state index contributed by atoms with van der Waals surface area (Å²) in [6, 6.07) is 15.8. The molecule has 1 saturated heterocycles. The van der Waals surface area contributed by atoms with Crippen molar-refractivity contribution in [3.63, 3.8) is 0 Å². The first-order valence-corrected chi connectivity index (χ1v) is 8.86. The summed E-state index contributed by atoms with van der Waals surface area (Å²) in [4.78, 5) is 11.1. The maximum absolute atomic E-state index is 13.0. The molecule has 1 aliphatic rings. The van der Waals surface area contributed by atoms with E-state index >= 15 is 0 Å². The third-order valence-electron chi connectivity index (χ3n) is 4.71. The Hall–Kier alpha value is -3.15. The van der Waals surface area contributed by atoms with Gasteiger partial charge in [-0.25, -0.2) is 9.37 Å². The van der Waals surface area contributed by atoms with Crippen LogP contribution in [0.15, 0.2) is 60.8 Å². The Morgan fingerprint density at radius 3 is 2.48 bits per heavy atom. The third-order valence-corrected chi connectivity index (χ3v) is 4.71. The zero-order valence-corrected chi connectivity index (χ0v) is 15.0. The molecule has 1 fully saturated rings. The van der Waals surface area contributed by atoms with Crippen LogP contribution in [0.2, 0.25) is 0 Å². The standard InChI is InChI=1S/C21H20FN3O2/c1-26-18-6-2-15(3-7-18)16-11-13-25(14-16)21-23-12-10-20(24-21)27-19-8-4-17(22)5-9-19/h2-10,12,16H,11,13-14H2,1H3. The minimum atomic E-state index is -0.299. The zero-order valence-electron chi connectivity index (χ0n) is 15.0. The van der Waals surface area contributed by atoms with Gasteiger partial charge in [-0.05, 0) is 48.4 Å². The lowest BCUT2D eigenvalue weighted by Gasteiger charge is -2.17. The predicted octanol–water partition coefficient (Wildman–Crippen LogP) is 4.41. The van der Waals surface area contributed by atoms with Gasteiger partial charge >= 0.3 is 0 Å². The first-order chi connectivity index (χ1) is 13.2. The van der Waals surface area contributed by atoms with E-state index in [1.165, 1.54) is 17.7 Å². The van der Waals surface area contributed by atoms with Crippen LogP contribution >= 0.6 is 0 Å². The number of rotatable bonds is 5. The number of anilines is 1. The monoisotopic (exact) mass is 365 g/mol. The van der Waals surface area contributed by atoms with Crippen LogP contribution in [0, 0.1) is 5.82 Å². The second kappa shape index (κ2) is 7.61. The molecule has 0 saturated carbocycles. The lowest BCUT2D eigenvalue weighted by Crippen LogP contribution is -2.21. The van der Waals surface area contributed by atoms with E-state index in [0.29, 0.717) is 23.5 Å². The van der Waals surface area contributed by atoms with Crippen LogP contribution in [0.4, 0.5) is 10.3 Å². The summed E-state index contributed by atoms with van der Waals surface area (Å²) in [5.74, 6) is 2.62. The first kappa shape index (κ1) is 17.3. The highest BCUT2D eigenvalue weighted by Crippen LogP contribution is 2.31. The predicted molar refractivity (Wildman–Crippen MR) is 101 cm³/mol. The number of methoxy groups -OCH3 is 1.